The number of carbonyl (C=O) groups excluding carboxylic acids is 1. The number of benzene rings is 3. The molecule has 0 aromatic heterocycles. The molecule has 1 aliphatic rings. The van der Waals surface area contributed by atoms with E-state index in [2.05, 4.69) is 12.6 Å². The Morgan fingerprint density at radius 2 is 1.95 bits per heavy atom. The van der Waals surface area contributed by atoms with E-state index in [0.717, 1.165) is 5.56 Å². The normalized spacial score (nSPS) is 14.0. The van der Waals surface area contributed by atoms with Crippen molar-refractivity contribution in [2.75, 3.05) is 13.2 Å². The Bertz CT molecular complexity index is 1440. The molecule has 0 fully saturated rings. The van der Waals surface area contributed by atoms with Crippen LogP contribution in [-0.4, -0.2) is 24.1 Å². The first-order chi connectivity index (χ1) is 17.9. The second-order valence-electron chi connectivity index (χ2n) is 7.78. The van der Waals surface area contributed by atoms with Gasteiger partial charge >= 0.3 is 11.7 Å². The van der Waals surface area contributed by atoms with Gasteiger partial charge in [-0.05, 0) is 29.8 Å². The summed E-state index contributed by atoms with van der Waals surface area (Å²) in [6.07, 6.45) is 1.63. The lowest BCUT2D eigenvalue weighted by atomic mass is 9.83. The first-order valence-corrected chi connectivity index (χ1v) is 11.0. The topological polar surface area (TPSA) is 147 Å². The molecule has 0 saturated carbocycles. The lowest BCUT2D eigenvalue weighted by Crippen LogP contribution is -2.22. The van der Waals surface area contributed by atoms with E-state index in [-0.39, 0.29) is 28.6 Å². The number of hydrogen-bond donors (Lipinski definition) is 1. The number of nitrogens with zero attached hydrogens (tertiary/aromatic N) is 2. The van der Waals surface area contributed by atoms with Crippen LogP contribution in [0.15, 0.2) is 90.8 Å². The second-order valence-corrected chi connectivity index (χ2v) is 7.78. The fourth-order valence-corrected chi connectivity index (χ4v) is 3.81. The molecule has 0 amide bonds. The van der Waals surface area contributed by atoms with Gasteiger partial charge in [0.25, 0.3) is 0 Å². The Morgan fingerprint density at radius 3 is 2.70 bits per heavy atom. The van der Waals surface area contributed by atoms with E-state index in [1.807, 2.05) is 12.1 Å². The zero-order valence-corrected chi connectivity index (χ0v) is 19.5. The predicted octanol–water partition coefficient (Wildman–Crippen LogP) is 4.36. The third kappa shape index (κ3) is 5.52. The molecule has 1 unspecified atom stereocenters. The van der Waals surface area contributed by atoms with Crippen molar-refractivity contribution in [2.45, 2.75) is 5.92 Å². The van der Waals surface area contributed by atoms with E-state index < -0.39 is 23.4 Å². The van der Waals surface area contributed by atoms with Crippen LogP contribution >= 0.6 is 0 Å². The van der Waals surface area contributed by atoms with Gasteiger partial charge in [0, 0.05) is 17.7 Å². The zero-order chi connectivity index (χ0) is 26.4. The van der Waals surface area contributed by atoms with Crippen molar-refractivity contribution in [3.63, 3.8) is 0 Å². The molecule has 3 aromatic rings. The third-order valence-electron chi connectivity index (χ3n) is 5.39. The first kappa shape index (κ1) is 24.8. The molecule has 1 heterocycles. The van der Waals surface area contributed by atoms with Crippen molar-refractivity contribution in [3.05, 3.63) is 112 Å². The van der Waals surface area contributed by atoms with Crippen LogP contribution < -0.4 is 24.7 Å². The Balaban J connectivity index is 1.55. The number of nitro groups is 1. The van der Waals surface area contributed by atoms with Gasteiger partial charge in [0.05, 0.1) is 10.8 Å². The quantitative estimate of drug-likeness (QED) is 0.149. The van der Waals surface area contributed by atoms with Gasteiger partial charge in [-0.3, -0.25) is 10.1 Å². The fraction of sp³-hybridized carbons (Fsp3) is 0.111. The monoisotopic (exact) mass is 499 g/mol. The Kier molecular flexibility index (Phi) is 7.35. The van der Waals surface area contributed by atoms with Gasteiger partial charge in [0.1, 0.15) is 35.5 Å². The average molecular weight is 499 g/mol. The Morgan fingerprint density at radius 1 is 1.14 bits per heavy atom. The SMILES string of the molecule is C=CCOc1cccc(C2C(C#N)=C(N)Oc3cc(OC(=O)COc4ccccc4[N+](=O)[O-])ccc32)c1. The largest absolute Gasteiger partial charge is 0.490 e. The van der Waals surface area contributed by atoms with Crippen LogP contribution in [0.4, 0.5) is 5.69 Å². The molecule has 10 nitrogen and oxygen atoms in total. The minimum Gasteiger partial charge on any atom is -0.490 e. The van der Waals surface area contributed by atoms with E-state index in [1.54, 1.807) is 36.4 Å². The van der Waals surface area contributed by atoms with Crippen molar-refractivity contribution in [3.8, 4) is 29.1 Å². The van der Waals surface area contributed by atoms with E-state index in [9.17, 15) is 20.2 Å². The van der Waals surface area contributed by atoms with E-state index in [4.69, 9.17) is 24.7 Å². The number of fused-ring (bicyclic) bond motifs is 1. The predicted molar refractivity (Wildman–Crippen MR) is 132 cm³/mol. The number of ether oxygens (including phenoxy) is 4. The minimum atomic E-state index is -0.779. The van der Waals surface area contributed by atoms with Gasteiger partial charge in [-0.15, -0.1) is 0 Å². The van der Waals surface area contributed by atoms with Crippen molar-refractivity contribution < 1.29 is 28.7 Å². The summed E-state index contributed by atoms with van der Waals surface area (Å²) in [5, 5.41) is 20.9. The zero-order valence-electron chi connectivity index (χ0n) is 19.5. The minimum absolute atomic E-state index is 0.0534. The standard InChI is InChI=1S/C27H21N3O7/c1-2-12-34-18-7-5-6-17(13-18)26-20-11-10-19(14-24(20)37-27(29)21(26)15-28)36-25(31)16-35-23-9-4-3-8-22(23)30(32)33/h2-11,13-14,26H,1,12,16,29H2. The maximum atomic E-state index is 12.4. The molecule has 1 atom stereocenters. The van der Waals surface area contributed by atoms with Gasteiger partial charge in [0.15, 0.2) is 12.4 Å². The molecule has 37 heavy (non-hydrogen) atoms. The number of carbonyl (C=O) groups is 1. The number of esters is 1. The molecule has 1 aliphatic heterocycles. The molecule has 0 saturated heterocycles. The van der Waals surface area contributed by atoms with Gasteiger partial charge in [-0.25, -0.2) is 4.79 Å². The average Bonchev–Trinajstić information content (AvgIpc) is 2.90. The lowest BCUT2D eigenvalue weighted by Gasteiger charge is -2.27. The smallest absolute Gasteiger partial charge is 0.349 e. The van der Waals surface area contributed by atoms with Crippen molar-refractivity contribution >= 4 is 11.7 Å². The number of hydrogen-bond acceptors (Lipinski definition) is 9. The van der Waals surface area contributed by atoms with Gasteiger partial charge in [-0.1, -0.05) is 43.0 Å². The summed E-state index contributed by atoms with van der Waals surface area (Å²) in [4.78, 5) is 22.9. The lowest BCUT2D eigenvalue weighted by molar-refractivity contribution is -0.385. The fourth-order valence-electron chi connectivity index (χ4n) is 3.81. The maximum Gasteiger partial charge on any atom is 0.349 e. The molecule has 186 valence electrons. The number of rotatable bonds is 9. The van der Waals surface area contributed by atoms with Gasteiger partial charge < -0.3 is 24.7 Å². The molecule has 2 N–H and O–H groups in total. The number of para-hydroxylation sites is 2. The molecule has 0 radical (unpaired) electrons. The summed E-state index contributed by atoms with van der Waals surface area (Å²) in [6.45, 7) is 3.41. The number of allylic oxidation sites excluding steroid dienone is 1. The molecule has 0 aliphatic carbocycles. The number of nitrogens with two attached hydrogens (primary N) is 1. The summed E-state index contributed by atoms with van der Waals surface area (Å²) in [6, 6.07) is 19.8. The van der Waals surface area contributed by atoms with Crippen LogP contribution in [0.5, 0.6) is 23.0 Å². The highest BCUT2D eigenvalue weighted by Crippen LogP contribution is 2.44. The summed E-state index contributed by atoms with van der Waals surface area (Å²) in [7, 11) is 0. The molecular formula is C27H21N3O7. The summed E-state index contributed by atoms with van der Waals surface area (Å²) in [5.41, 5.74) is 7.43. The molecule has 10 heteroatoms. The highest BCUT2D eigenvalue weighted by molar-refractivity contribution is 5.74. The summed E-state index contributed by atoms with van der Waals surface area (Å²) >= 11 is 0. The Labute approximate surface area is 211 Å². The number of nitro benzene ring substituents is 1. The van der Waals surface area contributed by atoms with Crippen LogP contribution in [0, 0.1) is 21.4 Å². The highest BCUT2D eigenvalue weighted by Gasteiger charge is 2.31. The van der Waals surface area contributed by atoms with Crippen molar-refractivity contribution in [1.29, 1.82) is 5.26 Å². The second kappa shape index (κ2) is 11.0. The summed E-state index contributed by atoms with van der Waals surface area (Å²) in [5.74, 6) is -0.381. The van der Waals surface area contributed by atoms with E-state index in [0.29, 0.717) is 23.7 Å². The molecule has 3 aromatic carbocycles. The van der Waals surface area contributed by atoms with Crippen molar-refractivity contribution in [2.24, 2.45) is 5.73 Å². The molecule has 0 spiro atoms. The van der Waals surface area contributed by atoms with E-state index >= 15 is 0 Å². The molecule has 0 bridgehead atoms. The summed E-state index contributed by atoms with van der Waals surface area (Å²) < 4.78 is 21.9. The van der Waals surface area contributed by atoms with Crippen LogP contribution in [0.2, 0.25) is 0 Å². The van der Waals surface area contributed by atoms with Gasteiger partial charge in [-0.2, -0.15) is 5.26 Å². The van der Waals surface area contributed by atoms with Crippen LogP contribution in [0.1, 0.15) is 17.0 Å². The first-order valence-electron chi connectivity index (χ1n) is 11.0. The van der Waals surface area contributed by atoms with Crippen LogP contribution in [-0.2, 0) is 4.79 Å². The van der Waals surface area contributed by atoms with Gasteiger partial charge in [0.2, 0.25) is 5.88 Å². The van der Waals surface area contributed by atoms with E-state index in [1.165, 1.54) is 24.3 Å². The highest BCUT2D eigenvalue weighted by atomic mass is 16.6. The Hall–Kier alpha value is -5.30. The van der Waals surface area contributed by atoms with Crippen molar-refractivity contribution in [1.82, 2.24) is 0 Å². The molecule has 4 rings (SSSR count). The van der Waals surface area contributed by atoms with Crippen LogP contribution in [0.3, 0.4) is 0 Å². The van der Waals surface area contributed by atoms with Crippen LogP contribution in [0.25, 0.3) is 0 Å². The molecular weight excluding hydrogens is 478 g/mol. The third-order valence-corrected chi connectivity index (χ3v) is 5.39. The number of nitriles is 1. The maximum absolute atomic E-state index is 12.4.